The van der Waals surface area contributed by atoms with Crippen molar-refractivity contribution in [2.24, 2.45) is 11.3 Å². The lowest BCUT2D eigenvalue weighted by molar-refractivity contribution is -0.131. The fourth-order valence-corrected chi connectivity index (χ4v) is 7.91. The smallest absolute Gasteiger partial charge is 0.408 e. The molecule has 1 spiro atoms. The fraction of sp³-hybridized carbons (Fsp3) is 0.667. The number of piperidine rings is 3. The maximum atomic E-state index is 15.6. The normalized spacial score (nSPS) is 20.8. The number of nitrogens with zero attached hydrogens (tertiary/aromatic N) is 6. The molecule has 15 heteroatoms. The summed E-state index contributed by atoms with van der Waals surface area (Å²) in [6.45, 7) is 15.4. The maximum absolute atomic E-state index is 15.6. The van der Waals surface area contributed by atoms with Crippen LogP contribution in [0.2, 0.25) is 0 Å². The summed E-state index contributed by atoms with van der Waals surface area (Å²) in [5.41, 5.74) is -0.433. The molecule has 0 radical (unpaired) electrons. The highest BCUT2D eigenvalue weighted by Crippen LogP contribution is 2.34. The molecule has 3 amide bonds. The lowest BCUT2D eigenvalue weighted by Gasteiger charge is -2.48. The van der Waals surface area contributed by atoms with Crippen LogP contribution < -0.4 is 25.8 Å². The van der Waals surface area contributed by atoms with E-state index in [0.717, 1.165) is 44.6 Å². The summed E-state index contributed by atoms with van der Waals surface area (Å²) in [5, 5.41) is 9.16. The molecule has 2 aromatic rings. The summed E-state index contributed by atoms with van der Waals surface area (Å²) in [5.74, 6) is 0.580. The summed E-state index contributed by atoms with van der Waals surface area (Å²) in [6.07, 6.45) is 5.90. The third-order valence-corrected chi connectivity index (χ3v) is 11.3. The third-order valence-electron chi connectivity index (χ3n) is 11.3. The number of halogens is 2. The van der Waals surface area contributed by atoms with Crippen LogP contribution in [0.25, 0.3) is 0 Å². The SMILES string of the molecule is CC1(C)CCN(Cc2cc(F)c(N3CC(=O)NC4(CCN(c5cc(NCC6CCN(C(=O)CNC(=O)OC(C)(C)C)CC6)ncn5)CC4)C3)cc2F)CC1. The van der Waals surface area contributed by atoms with Gasteiger partial charge in [-0.15, -0.1) is 0 Å². The zero-order chi connectivity index (χ0) is 38.7. The molecular weight excluding hydrogens is 696 g/mol. The average molecular weight is 754 g/mol. The van der Waals surface area contributed by atoms with Gasteiger partial charge in [0.1, 0.15) is 41.7 Å². The first kappa shape index (κ1) is 39.4. The Labute approximate surface area is 317 Å². The van der Waals surface area contributed by atoms with E-state index in [1.807, 2.05) is 6.07 Å². The van der Waals surface area contributed by atoms with Crippen LogP contribution in [0.3, 0.4) is 0 Å². The Kier molecular flexibility index (Phi) is 11.8. The van der Waals surface area contributed by atoms with Crippen molar-refractivity contribution in [1.29, 1.82) is 0 Å². The topological polar surface area (TPSA) is 135 Å². The van der Waals surface area contributed by atoms with E-state index in [1.54, 1.807) is 30.6 Å². The van der Waals surface area contributed by atoms with Gasteiger partial charge < -0.3 is 35.4 Å². The number of ether oxygens (including phenoxy) is 1. The number of hydrogen-bond acceptors (Lipinski definition) is 10. The number of alkyl carbamates (subject to hydrolysis) is 1. The third kappa shape index (κ3) is 10.3. The molecule has 0 atom stereocenters. The molecule has 3 N–H and O–H groups in total. The summed E-state index contributed by atoms with van der Waals surface area (Å²) in [6, 6.07) is 4.51. The average Bonchev–Trinajstić information content (AvgIpc) is 3.11. The standard InChI is InChI=1S/C39H57F2N9O4/c1-37(2,3)54-36(53)43-22-35(52)49-12-6-27(7-13-49)21-42-32-20-33(45-26-44-32)48-16-10-39(11-17-48)25-50(24-34(51)46-39)31-19-29(40)28(18-30(31)41)23-47-14-8-38(4,5)9-15-47/h18-20,26-27H,6-17,21-25H2,1-5H3,(H,43,53)(H,46,51)(H,42,44,45). The molecule has 13 nitrogen and oxygen atoms in total. The molecule has 5 heterocycles. The van der Waals surface area contributed by atoms with Crippen LogP contribution in [0, 0.1) is 23.0 Å². The molecule has 4 aliphatic rings. The number of nitrogens with one attached hydrogen (secondary N) is 3. The molecule has 54 heavy (non-hydrogen) atoms. The molecular formula is C39H57F2N9O4. The predicted octanol–water partition coefficient (Wildman–Crippen LogP) is 4.53. The Morgan fingerprint density at radius 1 is 0.944 bits per heavy atom. The molecule has 0 saturated carbocycles. The number of piperazine rings is 1. The summed E-state index contributed by atoms with van der Waals surface area (Å²) >= 11 is 0. The second kappa shape index (κ2) is 16.2. The van der Waals surface area contributed by atoms with Gasteiger partial charge in [0.2, 0.25) is 11.8 Å². The number of hydrogen-bond donors (Lipinski definition) is 3. The van der Waals surface area contributed by atoms with Crippen molar-refractivity contribution in [2.75, 3.05) is 80.6 Å². The number of anilines is 3. The van der Waals surface area contributed by atoms with Crippen LogP contribution in [0.5, 0.6) is 0 Å². The van der Waals surface area contributed by atoms with Gasteiger partial charge in [0.25, 0.3) is 0 Å². The fourth-order valence-electron chi connectivity index (χ4n) is 7.91. The van der Waals surface area contributed by atoms with Gasteiger partial charge in [-0.05, 0) is 89.8 Å². The summed E-state index contributed by atoms with van der Waals surface area (Å²) < 4.78 is 36.2. The molecule has 0 unspecified atom stereocenters. The molecule has 4 aliphatic heterocycles. The van der Waals surface area contributed by atoms with Gasteiger partial charge in [0.05, 0.1) is 17.8 Å². The van der Waals surface area contributed by atoms with Crippen molar-refractivity contribution in [3.8, 4) is 0 Å². The van der Waals surface area contributed by atoms with Gasteiger partial charge in [-0.1, -0.05) is 13.8 Å². The highest BCUT2D eigenvalue weighted by atomic mass is 19.1. The van der Waals surface area contributed by atoms with Gasteiger partial charge in [-0.3, -0.25) is 14.5 Å². The van der Waals surface area contributed by atoms with Crippen LogP contribution in [-0.4, -0.2) is 114 Å². The molecule has 4 saturated heterocycles. The molecule has 4 fully saturated rings. The van der Waals surface area contributed by atoms with Gasteiger partial charge in [-0.25, -0.2) is 23.5 Å². The monoisotopic (exact) mass is 753 g/mol. The van der Waals surface area contributed by atoms with Gasteiger partial charge in [0.15, 0.2) is 0 Å². The summed E-state index contributed by atoms with van der Waals surface area (Å²) in [7, 11) is 0. The summed E-state index contributed by atoms with van der Waals surface area (Å²) in [4.78, 5) is 54.3. The number of carbonyl (C=O) groups excluding carboxylic acids is 3. The van der Waals surface area contributed by atoms with Crippen LogP contribution in [0.4, 0.5) is 30.9 Å². The van der Waals surface area contributed by atoms with Crippen molar-refractivity contribution < 1.29 is 27.9 Å². The van der Waals surface area contributed by atoms with E-state index in [1.165, 1.54) is 18.5 Å². The minimum absolute atomic E-state index is 0.0239. The van der Waals surface area contributed by atoms with Crippen LogP contribution in [0.15, 0.2) is 24.5 Å². The number of amides is 3. The van der Waals surface area contributed by atoms with E-state index in [2.05, 4.69) is 49.6 Å². The maximum Gasteiger partial charge on any atom is 0.408 e. The lowest BCUT2D eigenvalue weighted by Crippen LogP contribution is -2.66. The van der Waals surface area contributed by atoms with Gasteiger partial charge in [0, 0.05) is 63.5 Å². The quantitative estimate of drug-likeness (QED) is 0.336. The Morgan fingerprint density at radius 2 is 1.65 bits per heavy atom. The highest BCUT2D eigenvalue weighted by molar-refractivity contribution is 5.84. The van der Waals surface area contributed by atoms with E-state index in [-0.39, 0.29) is 36.0 Å². The van der Waals surface area contributed by atoms with E-state index in [4.69, 9.17) is 4.74 Å². The van der Waals surface area contributed by atoms with Crippen LogP contribution >= 0.6 is 0 Å². The predicted molar refractivity (Wildman–Crippen MR) is 203 cm³/mol. The second-order valence-electron chi connectivity index (χ2n) is 17.3. The van der Waals surface area contributed by atoms with E-state index in [9.17, 15) is 14.4 Å². The number of carbonyl (C=O) groups is 3. The highest BCUT2D eigenvalue weighted by Gasteiger charge is 2.42. The minimum Gasteiger partial charge on any atom is -0.444 e. The minimum atomic E-state index is -0.623. The Hall–Kier alpha value is -4.27. The molecule has 296 valence electrons. The molecule has 1 aromatic heterocycles. The van der Waals surface area contributed by atoms with Crippen molar-refractivity contribution in [3.05, 3.63) is 41.7 Å². The zero-order valence-corrected chi connectivity index (χ0v) is 32.5. The Morgan fingerprint density at radius 3 is 2.33 bits per heavy atom. The number of benzene rings is 1. The van der Waals surface area contributed by atoms with E-state index < -0.39 is 28.9 Å². The van der Waals surface area contributed by atoms with Gasteiger partial charge >= 0.3 is 6.09 Å². The van der Waals surface area contributed by atoms with E-state index >= 15 is 8.78 Å². The first-order valence-corrected chi connectivity index (χ1v) is 19.4. The molecule has 6 rings (SSSR count). The largest absolute Gasteiger partial charge is 0.444 e. The molecule has 0 aliphatic carbocycles. The van der Waals surface area contributed by atoms with Crippen molar-refractivity contribution in [1.82, 2.24) is 30.4 Å². The van der Waals surface area contributed by atoms with Crippen LogP contribution in [0.1, 0.15) is 78.7 Å². The number of aromatic nitrogens is 2. The molecule has 1 aromatic carbocycles. The number of likely N-dealkylation sites (tertiary alicyclic amines) is 2. The van der Waals surface area contributed by atoms with E-state index in [0.29, 0.717) is 76.0 Å². The number of rotatable bonds is 9. The zero-order valence-electron chi connectivity index (χ0n) is 32.5. The van der Waals surface area contributed by atoms with Crippen molar-refractivity contribution in [2.45, 2.75) is 90.8 Å². The van der Waals surface area contributed by atoms with Crippen molar-refractivity contribution in [3.63, 3.8) is 0 Å². The van der Waals surface area contributed by atoms with Crippen molar-refractivity contribution >= 4 is 35.2 Å². The lowest BCUT2D eigenvalue weighted by atomic mass is 9.82. The molecule has 0 bridgehead atoms. The second-order valence-corrected chi connectivity index (χ2v) is 17.3. The van der Waals surface area contributed by atoms with Gasteiger partial charge in [-0.2, -0.15) is 0 Å². The first-order valence-electron chi connectivity index (χ1n) is 19.4. The Balaban J connectivity index is 0.973. The first-order chi connectivity index (χ1) is 25.6. The van der Waals surface area contributed by atoms with Crippen LogP contribution in [-0.2, 0) is 20.9 Å². The Bertz CT molecular complexity index is 1660.